The summed E-state index contributed by atoms with van der Waals surface area (Å²) in [7, 11) is 0. The van der Waals surface area contributed by atoms with E-state index < -0.39 is 29.4 Å². The number of aliphatic hydroxyl groups excluding tert-OH is 1. The van der Waals surface area contributed by atoms with Crippen molar-refractivity contribution in [2.24, 2.45) is 0 Å². The molecule has 0 saturated heterocycles. The lowest BCUT2D eigenvalue weighted by Gasteiger charge is -2.25. The van der Waals surface area contributed by atoms with Gasteiger partial charge >= 0.3 is 11.9 Å². The van der Waals surface area contributed by atoms with Crippen LogP contribution in [0.15, 0.2) is 42.5 Å². The van der Waals surface area contributed by atoms with Gasteiger partial charge in [0.05, 0.1) is 6.54 Å². The Hall–Kier alpha value is -2.81. The zero-order valence-corrected chi connectivity index (χ0v) is 18.1. The van der Waals surface area contributed by atoms with Crippen LogP contribution in [0.25, 0.3) is 11.1 Å². The van der Waals surface area contributed by atoms with Gasteiger partial charge in [-0.15, -0.1) is 0 Å². The summed E-state index contributed by atoms with van der Waals surface area (Å²) in [6, 6.07) is 11.0. The van der Waals surface area contributed by atoms with Crippen molar-refractivity contribution < 1.29 is 28.6 Å². The number of esters is 1. The molecule has 0 bridgehead atoms. The topological polar surface area (TPSA) is 95.9 Å². The molecule has 0 radical (unpaired) electrons. The normalized spacial score (nSPS) is 12.4. The van der Waals surface area contributed by atoms with Crippen molar-refractivity contribution in [3.63, 3.8) is 0 Å². The molecule has 1 unspecified atom stereocenters. The number of hydrazine groups is 1. The van der Waals surface area contributed by atoms with E-state index in [-0.39, 0.29) is 13.1 Å². The summed E-state index contributed by atoms with van der Waals surface area (Å²) in [6.45, 7) is 4.68. The second-order valence-corrected chi connectivity index (χ2v) is 8.28. The number of nitrogens with zero attached hydrogens (tertiary/aromatic N) is 1. The quantitative estimate of drug-likeness (QED) is 0.291. The number of aliphatic hydroxyl groups is 1. The smallest absolute Gasteiger partial charge is 0.398 e. The van der Waals surface area contributed by atoms with Crippen LogP contribution in [-0.4, -0.2) is 46.5 Å². The maximum atomic E-state index is 14.1. The zero-order chi connectivity index (χ0) is 23.2. The number of rotatable bonds is 7. The molecule has 0 heterocycles. The first-order chi connectivity index (χ1) is 14.5. The van der Waals surface area contributed by atoms with Gasteiger partial charge in [0, 0.05) is 17.1 Å². The molecular formula is C22H24ClFN2O5. The van der Waals surface area contributed by atoms with E-state index in [1.807, 2.05) is 0 Å². The average Bonchev–Trinajstić information content (AvgIpc) is 2.69. The summed E-state index contributed by atoms with van der Waals surface area (Å²) in [5, 5.41) is 11.3. The summed E-state index contributed by atoms with van der Waals surface area (Å²) >= 11 is 5.94. The second-order valence-electron chi connectivity index (χ2n) is 7.85. The van der Waals surface area contributed by atoms with Gasteiger partial charge in [-0.3, -0.25) is 10.2 Å². The van der Waals surface area contributed by atoms with E-state index in [0.29, 0.717) is 28.0 Å². The fraction of sp³-hybridized carbons (Fsp3) is 0.318. The first-order valence-corrected chi connectivity index (χ1v) is 9.83. The number of halogens is 2. The molecule has 1 atom stereocenters. The summed E-state index contributed by atoms with van der Waals surface area (Å²) < 4.78 is 19.1. The molecule has 7 nitrogen and oxygen atoms in total. The fourth-order valence-electron chi connectivity index (χ4n) is 2.66. The van der Waals surface area contributed by atoms with Gasteiger partial charge in [0.1, 0.15) is 23.8 Å². The minimum atomic E-state index is -1.38. The third-order valence-electron chi connectivity index (χ3n) is 3.98. The van der Waals surface area contributed by atoms with E-state index in [9.17, 15) is 23.9 Å². The van der Waals surface area contributed by atoms with Crippen molar-refractivity contribution in [2.45, 2.75) is 39.0 Å². The van der Waals surface area contributed by atoms with E-state index in [1.165, 1.54) is 23.2 Å². The molecule has 9 heteroatoms. The Morgan fingerprint density at radius 3 is 2.45 bits per heavy atom. The number of carbonyl (C=O) groups excluding carboxylic acids is 3. The number of nitrogens with one attached hydrogen (secondary N) is 1. The van der Waals surface area contributed by atoms with Crippen LogP contribution in [0, 0.1) is 5.82 Å². The van der Waals surface area contributed by atoms with Gasteiger partial charge in [-0.2, -0.15) is 0 Å². The van der Waals surface area contributed by atoms with Crippen LogP contribution in [0.2, 0.25) is 5.02 Å². The fourth-order valence-corrected chi connectivity index (χ4v) is 2.83. The van der Waals surface area contributed by atoms with Gasteiger partial charge in [0.2, 0.25) is 0 Å². The number of aldehydes is 1. The Labute approximate surface area is 184 Å². The molecule has 31 heavy (non-hydrogen) atoms. The summed E-state index contributed by atoms with van der Waals surface area (Å²) in [5.74, 6) is -2.55. The van der Waals surface area contributed by atoms with Crippen LogP contribution < -0.4 is 5.43 Å². The summed E-state index contributed by atoms with van der Waals surface area (Å²) in [6.07, 6.45) is -1.06. The van der Waals surface area contributed by atoms with Gasteiger partial charge < -0.3 is 14.6 Å². The molecule has 0 saturated carbocycles. The van der Waals surface area contributed by atoms with Crippen molar-refractivity contribution in [1.29, 1.82) is 0 Å². The zero-order valence-electron chi connectivity index (χ0n) is 17.4. The highest BCUT2D eigenvalue weighted by molar-refractivity contribution is 6.32. The van der Waals surface area contributed by atoms with Gasteiger partial charge in [-0.25, -0.2) is 14.2 Å². The lowest BCUT2D eigenvalue weighted by molar-refractivity contribution is -0.165. The van der Waals surface area contributed by atoms with Crippen molar-refractivity contribution in [2.75, 3.05) is 6.54 Å². The Morgan fingerprint density at radius 2 is 1.87 bits per heavy atom. The van der Waals surface area contributed by atoms with E-state index >= 15 is 0 Å². The van der Waals surface area contributed by atoms with Crippen molar-refractivity contribution in [3.05, 3.63) is 58.9 Å². The lowest BCUT2D eigenvalue weighted by Crippen LogP contribution is -2.49. The van der Waals surface area contributed by atoms with Crippen molar-refractivity contribution in [3.8, 4) is 11.1 Å². The maximum absolute atomic E-state index is 14.1. The maximum Gasteiger partial charge on any atom is 0.398 e. The van der Waals surface area contributed by atoms with E-state index in [2.05, 4.69) is 5.43 Å². The van der Waals surface area contributed by atoms with E-state index in [4.69, 9.17) is 16.3 Å². The average molecular weight is 451 g/mol. The summed E-state index contributed by atoms with van der Waals surface area (Å²) in [4.78, 5) is 34.9. The third kappa shape index (κ3) is 7.75. The van der Waals surface area contributed by atoms with Crippen LogP contribution in [-0.2, 0) is 25.7 Å². The molecule has 1 amide bonds. The Bertz CT molecular complexity index is 944. The molecule has 0 aliphatic carbocycles. The molecule has 0 spiro atoms. The number of ether oxygens (including phenoxy) is 1. The minimum absolute atomic E-state index is 0.0672. The molecule has 0 aliphatic heterocycles. The number of amides is 1. The van der Waals surface area contributed by atoms with Crippen LogP contribution in [0.3, 0.4) is 0 Å². The predicted octanol–water partition coefficient (Wildman–Crippen LogP) is 2.88. The molecule has 2 N–H and O–H groups in total. The van der Waals surface area contributed by atoms with Crippen molar-refractivity contribution in [1.82, 2.24) is 10.4 Å². The van der Waals surface area contributed by atoms with Crippen LogP contribution in [0.4, 0.5) is 4.39 Å². The first-order valence-electron chi connectivity index (χ1n) is 9.45. The standard InChI is InChI=1S/C22H24ClFN2O5/c1-22(2,3)31-21(30)20(29)25-26(12-17(28)13-27)11-14-4-6-15(7-5-14)18-10-16(23)8-9-19(18)24/h4-10,13,17,28H,11-12H2,1-3H3,(H,25,29). The molecular weight excluding hydrogens is 427 g/mol. The van der Waals surface area contributed by atoms with Gasteiger partial charge in [-0.1, -0.05) is 35.9 Å². The lowest BCUT2D eigenvalue weighted by atomic mass is 10.0. The van der Waals surface area contributed by atoms with Gasteiger partial charge in [-0.05, 0) is 50.1 Å². The molecule has 0 aliphatic rings. The molecule has 2 aromatic rings. The van der Waals surface area contributed by atoms with Crippen LogP contribution >= 0.6 is 11.6 Å². The number of hydrogen-bond donors (Lipinski definition) is 2. The predicted molar refractivity (Wildman–Crippen MR) is 113 cm³/mol. The highest BCUT2D eigenvalue weighted by atomic mass is 35.5. The molecule has 166 valence electrons. The Kier molecular flexibility index (Phi) is 8.27. The Morgan fingerprint density at radius 1 is 1.23 bits per heavy atom. The van der Waals surface area contributed by atoms with E-state index in [0.717, 1.165) is 0 Å². The highest BCUT2D eigenvalue weighted by Crippen LogP contribution is 2.26. The third-order valence-corrected chi connectivity index (χ3v) is 4.21. The minimum Gasteiger partial charge on any atom is -0.453 e. The first kappa shape index (κ1) is 24.5. The largest absolute Gasteiger partial charge is 0.453 e. The molecule has 0 fully saturated rings. The molecule has 2 rings (SSSR count). The Balaban J connectivity index is 2.15. The van der Waals surface area contributed by atoms with Gasteiger partial charge in [0.25, 0.3) is 0 Å². The second kappa shape index (κ2) is 10.5. The van der Waals surface area contributed by atoms with Crippen LogP contribution in [0.1, 0.15) is 26.3 Å². The number of benzene rings is 2. The van der Waals surface area contributed by atoms with E-state index in [1.54, 1.807) is 45.0 Å². The number of carbonyl (C=O) groups is 3. The molecule has 0 aromatic heterocycles. The van der Waals surface area contributed by atoms with Crippen molar-refractivity contribution >= 4 is 29.8 Å². The van der Waals surface area contributed by atoms with Gasteiger partial charge in [0.15, 0.2) is 0 Å². The SMILES string of the molecule is CC(C)(C)OC(=O)C(=O)NN(Cc1ccc(-c2cc(Cl)ccc2F)cc1)CC(O)C=O. The summed E-state index contributed by atoms with van der Waals surface area (Å²) in [5.41, 5.74) is 3.10. The molecule has 2 aromatic carbocycles. The monoisotopic (exact) mass is 450 g/mol. The number of hydrogen-bond acceptors (Lipinski definition) is 6. The van der Waals surface area contributed by atoms with Crippen LogP contribution in [0.5, 0.6) is 0 Å². The highest BCUT2D eigenvalue weighted by Gasteiger charge is 2.25.